The summed E-state index contributed by atoms with van der Waals surface area (Å²) in [6.45, 7) is 7.37. The summed E-state index contributed by atoms with van der Waals surface area (Å²) in [7, 11) is 0. The van der Waals surface area contributed by atoms with E-state index in [0.29, 0.717) is 6.04 Å². The largest absolute Gasteiger partial charge is 0.315 e. The minimum atomic E-state index is 0. The van der Waals surface area contributed by atoms with Crippen molar-refractivity contribution in [2.75, 3.05) is 39.3 Å². The number of nitrogens with zero attached hydrogens (tertiary/aromatic N) is 1. The van der Waals surface area contributed by atoms with Crippen molar-refractivity contribution < 1.29 is 0 Å². The summed E-state index contributed by atoms with van der Waals surface area (Å²) in [5.41, 5.74) is 1.47. The molecule has 5 heteroatoms. The molecule has 1 aromatic rings. The Labute approximate surface area is 159 Å². The third kappa shape index (κ3) is 7.28. The van der Waals surface area contributed by atoms with Crippen molar-refractivity contribution in [1.29, 1.82) is 0 Å². The van der Waals surface area contributed by atoms with Gasteiger partial charge in [-0.3, -0.25) is 0 Å². The molecule has 0 bridgehead atoms. The maximum atomic E-state index is 3.78. The summed E-state index contributed by atoms with van der Waals surface area (Å²) in [4.78, 5) is 2.64. The molecule has 24 heavy (non-hydrogen) atoms. The van der Waals surface area contributed by atoms with Gasteiger partial charge in [-0.1, -0.05) is 30.3 Å². The second kappa shape index (κ2) is 12.1. The van der Waals surface area contributed by atoms with Crippen molar-refractivity contribution in [1.82, 2.24) is 15.5 Å². The monoisotopic (exact) mass is 373 g/mol. The highest BCUT2D eigenvalue weighted by molar-refractivity contribution is 5.85. The molecule has 0 aliphatic carbocycles. The predicted molar refractivity (Wildman–Crippen MR) is 108 cm³/mol. The number of nitrogens with one attached hydrogen (secondary N) is 2. The molecule has 2 heterocycles. The van der Waals surface area contributed by atoms with Crippen LogP contribution >= 0.6 is 24.8 Å². The molecule has 3 rings (SSSR count). The normalized spacial score (nSPS) is 22.4. The first kappa shape index (κ1) is 21.7. The van der Waals surface area contributed by atoms with Crippen molar-refractivity contribution in [3.05, 3.63) is 35.9 Å². The third-order valence-electron chi connectivity index (χ3n) is 5.26. The molecule has 1 atom stereocenters. The maximum absolute atomic E-state index is 3.78. The van der Waals surface area contributed by atoms with Crippen LogP contribution in [0, 0.1) is 5.92 Å². The summed E-state index contributed by atoms with van der Waals surface area (Å²) in [6.07, 6.45) is 6.60. The van der Waals surface area contributed by atoms with Gasteiger partial charge in [0.15, 0.2) is 0 Å². The summed E-state index contributed by atoms with van der Waals surface area (Å²) in [5.74, 6) is 0.884. The van der Waals surface area contributed by atoms with Crippen molar-refractivity contribution in [3.8, 4) is 0 Å². The number of halogens is 2. The number of hydrogen-bond donors (Lipinski definition) is 2. The number of hydrogen-bond acceptors (Lipinski definition) is 3. The Bertz CT molecular complexity index is 416. The average Bonchev–Trinajstić information content (AvgIpc) is 2.61. The van der Waals surface area contributed by atoms with Gasteiger partial charge < -0.3 is 15.5 Å². The van der Waals surface area contributed by atoms with E-state index in [9.17, 15) is 0 Å². The molecule has 0 saturated carbocycles. The van der Waals surface area contributed by atoms with E-state index in [-0.39, 0.29) is 24.8 Å². The van der Waals surface area contributed by atoms with Crippen LogP contribution in [0.15, 0.2) is 30.3 Å². The lowest BCUT2D eigenvalue weighted by Crippen LogP contribution is -2.46. The van der Waals surface area contributed by atoms with E-state index in [4.69, 9.17) is 0 Å². The topological polar surface area (TPSA) is 27.3 Å². The van der Waals surface area contributed by atoms with Crippen LogP contribution in [0.2, 0.25) is 0 Å². The highest BCUT2D eigenvalue weighted by atomic mass is 35.5. The lowest BCUT2D eigenvalue weighted by Gasteiger charge is -2.33. The van der Waals surface area contributed by atoms with E-state index >= 15 is 0 Å². The first-order valence-corrected chi connectivity index (χ1v) is 9.10. The number of piperidine rings is 2. The molecule has 2 fully saturated rings. The fourth-order valence-corrected chi connectivity index (χ4v) is 3.71. The van der Waals surface area contributed by atoms with Crippen LogP contribution in [0.1, 0.15) is 31.2 Å². The van der Waals surface area contributed by atoms with Gasteiger partial charge in [0.1, 0.15) is 0 Å². The summed E-state index contributed by atoms with van der Waals surface area (Å²) in [5, 5.41) is 7.27. The molecule has 0 aromatic heterocycles. The van der Waals surface area contributed by atoms with Gasteiger partial charge >= 0.3 is 0 Å². The van der Waals surface area contributed by atoms with Gasteiger partial charge in [0.2, 0.25) is 0 Å². The number of benzene rings is 1. The van der Waals surface area contributed by atoms with Crippen LogP contribution in [-0.4, -0.2) is 50.2 Å². The highest BCUT2D eigenvalue weighted by Crippen LogP contribution is 2.17. The molecule has 1 unspecified atom stereocenters. The predicted octanol–water partition coefficient (Wildman–Crippen LogP) is 3.13. The van der Waals surface area contributed by atoms with E-state index in [1.807, 2.05) is 0 Å². The van der Waals surface area contributed by atoms with Crippen molar-refractivity contribution in [3.63, 3.8) is 0 Å². The van der Waals surface area contributed by atoms with Gasteiger partial charge in [0, 0.05) is 19.1 Å². The zero-order valence-electron chi connectivity index (χ0n) is 14.6. The first-order valence-electron chi connectivity index (χ1n) is 9.10. The highest BCUT2D eigenvalue weighted by Gasteiger charge is 2.20. The Morgan fingerprint density at radius 3 is 2.46 bits per heavy atom. The summed E-state index contributed by atoms with van der Waals surface area (Å²) in [6, 6.07) is 11.6. The van der Waals surface area contributed by atoms with Gasteiger partial charge in [0.25, 0.3) is 0 Å². The van der Waals surface area contributed by atoms with Crippen LogP contribution in [0.5, 0.6) is 0 Å². The third-order valence-corrected chi connectivity index (χ3v) is 5.26. The van der Waals surface area contributed by atoms with Crippen LogP contribution in [-0.2, 0) is 6.42 Å². The SMILES string of the molecule is Cl.Cl.c1ccc(CCN2CCC(CNC3CCCNC3)CC2)cc1. The van der Waals surface area contributed by atoms with E-state index in [0.717, 1.165) is 12.5 Å². The van der Waals surface area contributed by atoms with E-state index in [2.05, 4.69) is 45.9 Å². The number of rotatable bonds is 6. The molecular weight excluding hydrogens is 341 g/mol. The molecule has 2 saturated heterocycles. The minimum Gasteiger partial charge on any atom is -0.315 e. The smallest absolute Gasteiger partial charge is 0.0193 e. The average molecular weight is 374 g/mol. The standard InChI is InChI=1S/C19H31N3.2ClH/c1-2-5-17(6-3-1)8-12-22-13-9-18(10-14-22)15-21-19-7-4-11-20-16-19;;/h1-3,5-6,18-21H,4,7-16H2;2*1H. The van der Waals surface area contributed by atoms with Gasteiger partial charge in [-0.15, -0.1) is 24.8 Å². The number of likely N-dealkylation sites (tertiary alicyclic amines) is 1. The summed E-state index contributed by atoms with van der Waals surface area (Å²) >= 11 is 0. The van der Waals surface area contributed by atoms with Crippen molar-refractivity contribution in [2.45, 2.75) is 38.1 Å². The minimum absolute atomic E-state index is 0. The van der Waals surface area contributed by atoms with Gasteiger partial charge in [-0.2, -0.15) is 0 Å². The molecule has 2 aliphatic rings. The molecule has 138 valence electrons. The Balaban J connectivity index is 0.00000144. The summed E-state index contributed by atoms with van der Waals surface area (Å²) < 4.78 is 0. The Kier molecular flexibility index (Phi) is 11.0. The molecule has 2 aliphatic heterocycles. The molecular formula is C19H33Cl2N3. The molecule has 3 nitrogen and oxygen atoms in total. The fourth-order valence-electron chi connectivity index (χ4n) is 3.71. The maximum Gasteiger partial charge on any atom is 0.0193 e. The van der Waals surface area contributed by atoms with Crippen LogP contribution in [0.4, 0.5) is 0 Å². The van der Waals surface area contributed by atoms with Crippen LogP contribution in [0.3, 0.4) is 0 Å². The van der Waals surface area contributed by atoms with Crippen LogP contribution < -0.4 is 10.6 Å². The Morgan fingerprint density at radius 2 is 1.79 bits per heavy atom. The molecule has 1 aromatic carbocycles. The van der Waals surface area contributed by atoms with Gasteiger partial charge in [-0.25, -0.2) is 0 Å². The van der Waals surface area contributed by atoms with Crippen molar-refractivity contribution >= 4 is 24.8 Å². The second-order valence-electron chi connectivity index (χ2n) is 6.97. The molecule has 0 spiro atoms. The fraction of sp³-hybridized carbons (Fsp3) is 0.684. The Morgan fingerprint density at radius 1 is 1.04 bits per heavy atom. The van der Waals surface area contributed by atoms with E-state index < -0.39 is 0 Å². The van der Waals surface area contributed by atoms with E-state index in [1.165, 1.54) is 70.4 Å². The van der Waals surface area contributed by atoms with Gasteiger partial charge in [-0.05, 0) is 69.8 Å². The van der Waals surface area contributed by atoms with E-state index in [1.54, 1.807) is 0 Å². The second-order valence-corrected chi connectivity index (χ2v) is 6.97. The molecule has 0 radical (unpaired) electrons. The van der Waals surface area contributed by atoms with Crippen LogP contribution in [0.25, 0.3) is 0 Å². The zero-order chi connectivity index (χ0) is 15.0. The molecule has 0 amide bonds. The first-order chi connectivity index (χ1) is 10.9. The quantitative estimate of drug-likeness (QED) is 0.801. The van der Waals surface area contributed by atoms with Gasteiger partial charge in [0.05, 0.1) is 0 Å². The Hall–Kier alpha value is -0.320. The zero-order valence-corrected chi connectivity index (χ0v) is 16.2. The lowest BCUT2D eigenvalue weighted by atomic mass is 9.95. The molecule has 2 N–H and O–H groups in total. The van der Waals surface area contributed by atoms with Crippen molar-refractivity contribution in [2.24, 2.45) is 5.92 Å². The lowest BCUT2D eigenvalue weighted by molar-refractivity contribution is 0.180.